The second kappa shape index (κ2) is 6.22. The summed E-state index contributed by atoms with van der Waals surface area (Å²) < 4.78 is 0. The molecular weight excluding hydrogens is 270 g/mol. The largest absolute Gasteiger partial charge is 0.369 e. The number of aryl methyl sites for hydroxylation is 2. The molecule has 0 amide bonds. The molecule has 2 aromatic rings. The predicted octanol–water partition coefficient (Wildman–Crippen LogP) is 3.82. The second-order valence-electron chi connectivity index (χ2n) is 5.82. The molecule has 0 aliphatic heterocycles. The molecule has 0 aromatic heterocycles. The molecule has 0 saturated heterocycles. The van der Waals surface area contributed by atoms with Gasteiger partial charge in [-0.3, -0.25) is 0 Å². The highest BCUT2D eigenvalue weighted by atomic mass is 15.2. The summed E-state index contributed by atoms with van der Waals surface area (Å²) in [7, 11) is 1.97. The Morgan fingerprint density at radius 2 is 2.00 bits per heavy atom. The highest BCUT2D eigenvalue weighted by molar-refractivity contribution is 5.96. The van der Waals surface area contributed by atoms with Gasteiger partial charge in [0.25, 0.3) is 0 Å². The van der Waals surface area contributed by atoms with E-state index in [9.17, 15) is 0 Å². The van der Waals surface area contributed by atoms with Crippen LogP contribution >= 0.6 is 0 Å². The molecule has 0 unspecified atom stereocenters. The standard InChI is InChI=1S/C19H23N3/c1-3-14-7-4-10-16(13-14)22(2)19(20)21-18-12-6-9-15-8-5-11-17(15)18/h4,6-7,9-10,12-13H,3,5,8,11H2,1-2H3,(H2,20,21). The van der Waals surface area contributed by atoms with Crippen molar-refractivity contribution in [3.8, 4) is 0 Å². The fourth-order valence-corrected chi connectivity index (χ4v) is 3.02. The van der Waals surface area contributed by atoms with Crippen LogP contribution in [-0.2, 0) is 19.3 Å². The fraction of sp³-hybridized carbons (Fsp3) is 0.316. The molecule has 3 nitrogen and oxygen atoms in total. The third-order valence-corrected chi connectivity index (χ3v) is 4.41. The minimum atomic E-state index is 0.536. The maximum atomic E-state index is 6.24. The fourth-order valence-electron chi connectivity index (χ4n) is 3.02. The van der Waals surface area contributed by atoms with Crippen molar-refractivity contribution in [3.63, 3.8) is 0 Å². The normalized spacial score (nSPS) is 14.0. The van der Waals surface area contributed by atoms with Crippen molar-refractivity contribution in [1.29, 1.82) is 0 Å². The van der Waals surface area contributed by atoms with E-state index in [0.29, 0.717) is 5.96 Å². The average molecular weight is 293 g/mol. The molecule has 3 heteroatoms. The molecule has 2 N–H and O–H groups in total. The second-order valence-corrected chi connectivity index (χ2v) is 5.82. The number of guanidine groups is 1. The lowest BCUT2D eigenvalue weighted by Crippen LogP contribution is -2.33. The van der Waals surface area contributed by atoms with E-state index in [2.05, 4.69) is 54.4 Å². The number of hydrogen-bond donors (Lipinski definition) is 1. The molecule has 114 valence electrons. The Bertz CT molecular complexity index is 704. The summed E-state index contributed by atoms with van der Waals surface area (Å²) in [6.07, 6.45) is 4.51. The van der Waals surface area contributed by atoms with Crippen molar-refractivity contribution >= 4 is 17.3 Å². The smallest absolute Gasteiger partial charge is 0.200 e. The van der Waals surface area contributed by atoms with Gasteiger partial charge in [-0.15, -0.1) is 0 Å². The number of benzene rings is 2. The van der Waals surface area contributed by atoms with Gasteiger partial charge in [0.2, 0.25) is 5.96 Å². The number of nitrogens with zero attached hydrogens (tertiary/aromatic N) is 2. The molecule has 0 spiro atoms. The van der Waals surface area contributed by atoms with E-state index in [0.717, 1.165) is 30.6 Å². The summed E-state index contributed by atoms with van der Waals surface area (Å²) >= 11 is 0. The summed E-state index contributed by atoms with van der Waals surface area (Å²) in [5, 5.41) is 0. The summed E-state index contributed by atoms with van der Waals surface area (Å²) in [6, 6.07) is 14.8. The van der Waals surface area contributed by atoms with Crippen molar-refractivity contribution in [2.75, 3.05) is 11.9 Å². The Kier molecular flexibility index (Phi) is 4.14. The Morgan fingerprint density at radius 1 is 1.18 bits per heavy atom. The molecule has 0 atom stereocenters. The third kappa shape index (κ3) is 2.84. The average Bonchev–Trinajstić information content (AvgIpc) is 3.04. The SMILES string of the molecule is CCc1cccc(N(C)C(N)=Nc2cccc3c2CCC3)c1. The number of nitrogens with two attached hydrogens (primary N) is 1. The molecule has 0 bridgehead atoms. The van der Waals surface area contributed by atoms with Gasteiger partial charge >= 0.3 is 0 Å². The van der Waals surface area contributed by atoms with E-state index in [1.165, 1.54) is 23.1 Å². The first kappa shape index (κ1) is 14.6. The van der Waals surface area contributed by atoms with Crippen LogP contribution < -0.4 is 10.6 Å². The molecular formula is C19H23N3. The zero-order chi connectivity index (χ0) is 15.5. The van der Waals surface area contributed by atoms with E-state index in [4.69, 9.17) is 5.73 Å². The minimum absolute atomic E-state index is 0.536. The van der Waals surface area contributed by atoms with Crippen LogP contribution in [0.5, 0.6) is 0 Å². The van der Waals surface area contributed by atoms with Gasteiger partial charge in [0.1, 0.15) is 0 Å². The van der Waals surface area contributed by atoms with Gasteiger partial charge in [0.15, 0.2) is 0 Å². The quantitative estimate of drug-likeness (QED) is 0.690. The van der Waals surface area contributed by atoms with Crippen molar-refractivity contribution < 1.29 is 0 Å². The van der Waals surface area contributed by atoms with Gasteiger partial charge in [-0.2, -0.15) is 0 Å². The zero-order valence-corrected chi connectivity index (χ0v) is 13.3. The predicted molar refractivity (Wildman–Crippen MR) is 94.0 cm³/mol. The van der Waals surface area contributed by atoms with Crippen LogP contribution in [0.2, 0.25) is 0 Å². The summed E-state index contributed by atoms with van der Waals surface area (Å²) in [5.41, 5.74) is 12.4. The van der Waals surface area contributed by atoms with Gasteiger partial charge in [0.05, 0.1) is 5.69 Å². The first-order valence-electron chi connectivity index (χ1n) is 7.96. The summed E-state index contributed by atoms with van der Waals surface area (Å²) in [6.45, 7) is 2.16. The van der Waals surface area contributed by atoms with Gasteiger partial charge < -0.3 is 10.6 Å². The van der Waals surface area contributed by atoms with E-state index in [-0.39, 0.29) is 0 Å². The molecule has 1 aliphatic carbocycles. The van der Waals surface area contributed by atoms with Crippen LogP contribution in [0.25, 0.3) is 0 Å². The summed E-state index contributed by atoms with van der Waals surface area (Å²) in [4.78, 5) is 6.63. The van der Waals surface area contributed by atoms with Crippen molar-refractivity contribution in [2.45, 2.75) is 32.6 Å². The lowest BCUT2D eigenvalue weighted by molar-refractivity contribution is 0.911. The topological polar surface area (TPSA) is 41.6 Å². The Morgan fingerprint density at radius 3 is 2.82 bits per heavy atom. The van der Waals surface area contributed by atoms with Crippen LogP contribution in [0.1, 0.15) is 30.0 Å². The Balaban J connectivity index is 1.89. The van der Waals surface area contributed by atoms with Crippen molar-refractivity contribution in [3.05, 3.63) is 59.2 Å². The Labute approximate surface area is 132 Å². The lowest BCUT2D eigenvalue weighted by atomic mass is 10.1. The third-order valence-electron chi connectivity index (χ3n) is 4.41. The molecule has 0 heterocycles. The van der Waals surface area contributed by atoms with Gasteiger partial charge in [-0.1, -0.05) is 31.2 Å². The molecule has 0 saturated carbocycles. The monoisotopic (exact) mass is 293 g/mol. The van der Waals surface area contributed by atoms with Gasteiger partial charge in [0, 0.05) is 12.7 Å². The highest BCUT2D eigenvalue weighted by Crippen LogP contribution is 2.30. The molecule has 2 aromatic carbocycles. The van der Waals surface area contributed by atoms with Gasteiger partial charge in [-0.25, -0.2) is 4.99 Å². The van der Waals surface area contributed by atoms with Crippen LogP contribution in [0.15, 0.2) is 47.5 Å². The number of rotatable bonds is 3. The number of hydrogen-bond acceptors (Lipinski definition) is 1. The molecule has 0 fully saturated rings. The number of aliphatic imine (C=N–C) groups is 1. The number of anilines is 1. The summed E-state index contributed by atoms with van der Waals surface area (Å²) in [5.74, 6) is 0.536. The highest BCUT2D eigenvalue weighted by Gasteiger charge is 2.15. The Hall–Kier alpha value is -2.29. The van der Waals surface area contributed by atoms with Gasteiger partial charge in [-0.05, 0) is 60.6 Å². The van der Waals surface area contributed by atoms with Crippen LogP contribution in [-0.4, -0.2) is 13.0 Å². The van der Waals surface area contributed by atoms with Crippen LogP contribution in [0.4, 0.5) is 11.4 Å². The molecule has 1 aliphatic rings. The minimum Gasteiger partial charge on any atom is -0.369 e. The van der Waals surface area contributed by atoms with Crippen molar-refractivity contribution in [2.24, 2.45) is 10.7 Å². The zero-order valence-electron chi connectivity index (χ0n) is 13.3. The maximum Gasteiger partial charge on any atom is 0.200 e. The first-order chi connectivity index (χ1) is 10.7. The molecule has 22 heavy (non-hydrogen) atoms. The maximum absolute atomic E-state index is 6.24. The number of fused-ring (bicyclic) bond motifs is 1. The molecule has 0 radical (unpaired) electrons. The van der Waals surface area contributed by atoms with E-state index in [1.54, 1.807) is 0 Å². The van der Waals surface area contributed by atoms with Crippen molar-refractivity contribution in [1.82, 2.24) is 0 Å². The lowest BCUT2D eigenvalue weighted by Gasteiger charge is -2.19. The van der Waals surface area contributed by atoms with E-state index < -0.39 is 0 Å². The van der Waals surface area contributed by atoms with Crippen LogP contribution in [0.3, 0.4) is 0 Å². The van der Waals surface area contributed by atoms with Crippen LogP contribution in [0, 0.1) is 0 Å². The van der Waals surface area contributed by atoms with E-state index >= 15 is 0 Å². The van der Waals surface area contributed by atoms with E-state index in [1.807, 2.05) is 11.9 Å². The first-order valence-corrected chi connectivity index (χ1v) is 7.96. The molecule has 3 rings (SSSR count).